The molecule has 0 radical (unpaired) electrons. The Labute approximate surface area is 147 Å². The molecule has 25 heavy (non-hydrogen) atoms. The van der Waals surface area contributed by atoms with Gasteiger partial charge in [0.15, 0.2) is 11.6 Å². The van der Waals surface area contributed by atoms with E-state index in [1.54, 1.807) is 0 Å². The Bertz CT molecular complexity index is 601. The first kappa shape index (κ1) is 19.3. The van der Waals surface area contributed by atoms with Gasteiger partial charge in [-0.2, -0.15) is 0 Å². The quantitative estimate of drug-likeness (QED) is 0.787. The summed E-state index contributed by atoms with van der Waals surface area (Å²) in [4.78, 5) is 24.2. The van der Waals surface area contributed by atoms with Crippen LogP contribution in [-0.4, -0.2) is 18.9 Å². The summed E-state index contributed by atoms with van der Waals surface area (Å²) in [5.41, 5.74) is 0.221. The van der Waals surface area contributed by atoms with Crippen molar-refractivity contribution in [2.24, 2.45) is 5.92 Å². The van der Waals surface area contributed by atoms with E-state index in [-0.39, 0.29) is 11.5 Å². The number of nitrogens with one attached hydrogen (secondary N) is 2. The summed E-state index contributed by atoms with van der Waals surface area (Å²) in [5, 5.41) is 5.07. The number of benzene rings is 1. The minimum atomic E-state index is -1.04. The minimum Gasteiger partial charge on any atom is -0.357 e. The van der Waals surface area contributed by atoms with E-state index < -0.39 is 23.6 Å². The highest BCUT2D eigenvalue weighted by atomic mass is 19.2. The van der Waals surface area contributed by atoms with E-state index in [4.69, 9.17) is 0 Å². The summed E-state index contributed by atoms with van der Waals surface area (Å²) in [6.45, 7) is 0. The van der Waals surface area contributed by atoms with Crippen LogP contribution in [0.2, 0.25) is 0 Å². The van der Waals surface area contributed by atoms with Crippen molar-refractivity contribution in [3.05, 3.63) is 35.4 Å². The Kier molecular flexibility index (Phi) is 7.34. The fourth-order valence-electron chi connectivity index (χ4n) is 3.40. The van der Waals surface area contributed by atoms with Crippen molar-refractivity contribution in [1.82, 2.24) is 10.6 Å². The molecule has 2 amide bonds. The SMILES string of the molecule is CNC(=O)C(NC(=O)CCCC1CCCCC1)c1ccc(F)c(F)c1. The van der Waals surface area contributed by atoms with E-state index in [9.17, 15) is 18.4 Å². The van der Waals surface area contributed by atoms with Gasteiger partial charge in [0.05, 0.1) is 0 Å². The van der Waals surface area contributed by atoms with Crippen molar-refractivity contribution >= 4 is 11.8 Å². The number of halogens is 2. The fraction of sp³-hybridized carbons (Fsp3) is 0.579. The molecule has 0 spiro atoms. The molecule has 1 aromatic carbocycles. The summed E-state index contributed by atoms with van der Waals surface area (Å²) in [5.74, 6) is -2.06. The molecule has 2 N–H and O–H groups in total. The number of carbonyl (C=O) groups is 2. The smallest absolute Gasteiger partial charge is 0.246 e. The second-order valence-corrected chi connectivity index (χ2v) is 6.68. The van der Waals surface area contributed by atoms with Gasteiger partial charge in [0.2, 0.25) is 11.8 Å². The molecule has 0 bridgehead atoms. The molecule has 0 aliphatic heterocycles. The van der Waals surface area contributed by atoms with E-state index in [2.05, 4.69) is 10.6 Å². The molecule has 0 heterocycles. The van der Waals surface area contributed by atoms with Crippen LogP contribution >= 0.6 is 0 Å². The van der Waals surface area contributed by atoms with Crippen LogP contribution in [0.5, 0.6) is 0 Å². The van der Waals surface area contributed by atoms with Crippen LogP contribution < -0.4 is 10.6 Å². The number of carbonyl (C=O) groups excluding carboxylic acids is 2. The molecule has 1 saturated carbocycles. The third-order valence-corrected chi connectivity index (χ3v) is 4.83. The molecule has 2 rings (SSSR count). The Balaban J connectivity index is 1.90. The van der Waals surface area contributed by atoms with Crippen LogP contribution in [0.1, 0.15) is 63.0 Å². The van der Waals surface area contributed by atoms with Gasteiger partial charge in [0, 0.05) is 13.5 Å². The Hall–Kier alpha value is -1.98. The van der Waals surface area contributed by atoms with E-state index in [0.29, 0.717) is 12.3 Å². The van der Waals surface area contributed by atoms with Crippen LogP contribution in [0.3, 0.4) is 0 Å². The summed E-state index contributed by atoms with van der Waals surface area (Å²) in [7, 11) is 1.43. The van der Waals surface area contributed by atoms with Gasteiger partial charge in [-0.3, -0.25) is 9.59 Å². The lowest BCUT2D eigenvalue weighted by molar-refractivity contribution is -0.129. The number of amides is 2. The predicted molar refractivity (Wildman–Crippen MR) is 91.7 cm³/mol. The van der Waals surface area contributed by atoms with Crippen molar-refractivity contribution in [1.29, 1.82) is 0 Å². The Morgan fingerprint density at radius 1 is 1.16 bits per heavy atom. The molecule has 1 fully saturated rings. The highest BCUT2D eigenvalue weighted by Crippen LogP contribution is 2.27. The molecular formula is C19H26F2N2O2. The van der Waals surface area contributed by atoms with Crippen molar-refractivity contribution < 1.29 is 18.4 Å². The van der Waals surface area contributed by atoms with Crippen LogP contribution in [-0.2, 0) is 9.59 Å². The van der Waals surface area contributed by atoms with Gasteiger partial charge in [0.25, 0.3) is 0 Å². The predicted octanol–water partition coefficient (Wildman–Crippen LogP) is 3.62. The van der Waals surface area contributed by atoms with Crippen LogP contribution in [0, 0.1) is 17.6 Å². The largest absolute Gasteiger partial charge is 0.357 e. The monoisotopic (exact) mass is 352 g/mol. The minimum absolute atomic E-state index is 0.221. The van der Waals surface area contributed by atoms with Gasteiger partial charge in [-0.05, 0) is 36.5 Å². The molecule has 0 aromatic heterocycles. The molecule has 0 saturated heterocycles. The van der Waals surface area contributed by atoms with Gasteiger partial charge in [0.1, 0.15) is 6.04 Å². The van der Waals surface area contributed by atoms with E-state index in [0.717, 1.165) is 25.0 Å². The van der Waals surface area contributed by atoms with Gasteiger partial charge >= 0.3 is 0 Å². The van der Waals surface area contributed by atoms with Gasteiger partial charge in [-0.1, -0.05) is 38.2 Å². The average molecular weight is 352 g/mol. The van der Waals surface area contributed by atoms with Crippen molar-refractivity contribution in [3.63, 3.8) is 0 Å². The maximum absolute atomic E-state index is 13.4. The van der Waals surface area contributed by atoms with Crippen molar-refractivity contribution in [2.45, 2.75) is 57.4 Å². The molecule has 1 unspecified atom stereocenters. The lowest BCUT2D eigenvalue weighted by atomic mass is 9.86. The topological polar surface area (TPSA) is 58.2 Å². The van der Waals surface area contributed by atoms with Crippen LogP contribution in [0.4, 0.5) is 8.78 Å². The Morgan fingerprint density at radius 2 is 1.88 bits per heavy atom. The summed E-state index contributed by atoms with van der Waals surface area (Å²) in [6.07, 6.45) is 8.43. The third-order valence-electron chi connectivity index (χ3n) is 4.83. The van der Waals surface area contributed by atoms with E-state index >= 15 is 0 Å². The van der Waals surface area contributed by atoms with Crippen LogP contribution in [0.15, 0.2) is 18.2 Å². The standard InChI is InChI=1S/C19H26F2N2O2/c1-22-19(25)18(14-10-11-15(20)16(21)12-14)23-17(24)9-5-8-13-6-3-2-4-7-13/h10-13,18H,2-9H2,1H3,(H,22,25)(H,23,24). The second kappa shape index (κ2) is 9.49. The lowest BCUT2D eigenvalue weighted by Crippen LogP contribution is -2.39. The lowest BCUT2D eigenvalue weighted by Gasteiger charge is -2.21. The molecule has 1 atom stereocenters. The first-order valence-corrected chi connectivity index (χ1v) is 8.97. The molecule has 138 valence electrons. The Morgan fingerprint density at radius 3 is 2.52 bits per heavy atom. The van der Waals surface area contributed by atoms with Crippen molar-refractivity contribution in [3.8, 4) is 0 Å². The van der Waals surface area contributed by atoms with E-state index in [1.807, 2.05) is 0 Å². The zero-order chi connectivity index (χ0) is 18.2. The third kappa shape index (κ3) is 5.80. The maximum atomic E-state index is 13.4. The molecule has 6 heteroatoms. The molecule has 1 aliphatic rings. The van der Waals surface area contributed by atoms with Crippen LogP contribution in [0.25, 0.3) is 0 Å². The number of hydrogen-bond acceptors (Lipinski definition) is 2. The second-order valence-electron chi connectivity index (χ2n) is 6.68. The number of hydrogen-bond donors (Lipinski definition) is 2. The first-order valence-electron chi connectivity index (χ1n) is 8.97. The zero-order valence-corrected chi connectivity index (χ0v) is 14.6. The van der Waals surface area contributed by atoms with Crippen molar-refractivity contribution in [2.75, 3.05) is 7.05 Å². The highest BCUT2D eigenvalue weighted by molar-refractivity contribution is 5.88. The fourth-order valence-corrected chi connectivity index (χ4v) is 3.40. The summed E-state index contributed by atoms with van der Waals surface area (Å²) in [6, 6.07) is 2.18. The number of rotatable bonds is 7. The zero-order valence-electron chi connectivity index (χ0n) is 14.6. The maximum Gasteiger partial charge on any atom is 0.246 e. The highest BCUT2D eigenvalue weighted by Gasteiger charge is 2.23. The molecule has 4 nitrogen and oxygen atoms in total. The van der Waals surface area contributed by atoms with Gasteiger partial charge in [-0.15, -0.1) is 0 Å². The van der Waals surface area contributed by atoms with Gasteiger partial charge in [-0.25, -0.2) is 8.78 Å². The summed E-state index contributed by atoms with van der Waals surface area (Å²) < 4.78 is 26.5. The molecule has 1 aromatic rings. The average Bonchev–Trinajstić information content (AvgIpc) is 2.62. The van der Waals surface area contributed by atoms with Gasteiger partial charge < -0.3 is 10.6 Å². The summed E-state index contributed by atoms with van der Waals surface area (Å²) >= 11 is 0. The first-order chi connectivity index (χ1) is 12.0. The normalized spacial score (nSPS) is 16.3. The molecule has 1 aliphatic carbocycles. The molecular weight excluding hydrogens is 326 g/mol. The number of likely N-dealkylation sites (N-methyl/N-ethyl adjacent to an activating group) is 1. The van der Waals surface area contributed by atoms with E-state index in [1.165, 1.54) is 45.2 Å².